The maximum atomic E-state index is 5.94. The van der Waals surface area contributed by atoms with E-state index in [1.54, 1.807) is 21.3 Å². The Morgan fingerprint density at radius 2 is 1.55 bits per heavy atom. The fraction of sp³-hybridized carbons (Fsp3) is 1.00. The molecule has 1 fully saturated rings. The lowest BCUT2D eigenvalue weighted by atomic mass is 9.93. The molecule has 1 saturated heterocycles. The fourth-order valence-electron chi connectivity index (χ4n) is 2.31. The zero-order valence-corrected chi connectivity index (χ0v) is 14.8. The monoisotopic (exact) mass is 306 g/mol. The van der Waals surface area contributed by atoms with Crippen LogP contribution in [0.5, 0.6) is 0 Å². The van der Waals surface area contributed by atoms with E-state index >= 15 is 0 Å². The third-order valence-corrected chi connectivity index (χ3v) is 4.81. The molecule has 0 bridgehead atoms. The number of nitrogens with two attached hydrogens (primary N) is 1. The number of hydrogen-bond acceptors (Lipinski definition) is 5. The van der Waals surface area contributed by atoms with Gasteiger partial charge in [0.05, 0.1) is 0 Å². The van der Waals surface area contributed by atoms with Gasteiger partial charge in [0, 0.05) is 27.4 Å². The van der Waals surface area contributed by atoms with Crippen molar-refractivity contribution in [2.75, 3.05) is 34.4 Å². The largest absolute Gasteiger partial charge is 0.483 e. The number of hydrogen-bond donors (Lipinski definition) is 2. The van der Waals surface area contributed by atoms with Gasteiger partial charge in [-0.05, 0) is 38.8 Å². The SMILES string of the molecule is CC(N)C1CCCCCCCNC1.CO[SiH](OC)OC. The third kappa shape index (κ3) is 10.8. The van der Waals surface area contributed by atoms with Gasteiger partial charge in [-0.2, -0.15) is 0 Å². The second-order valence-corrected chi connectivity index (χ2v) is 7.37. The van der Waals surface area contributed by atoms with Crippen molar-refractivity contribution in [1.29, 1.82) is 0 Å². The lowest BCUT2D eigenvalue weighted by molar-refractivity contribution is 0.163. The smallest absolute Gasteiger partial charge is 0.379 e. The number of rotatable bonds is 4. The summed E-state index contributed by atoms with van der Waals surface area (Å²) >= 11 is 0. The average Bonchev–Trinajstić information content (AvgIpc) is 2.47. The summed E-state index contributed by atoms with van der Waals surface area (Å²) < 4.78 is 14.2. The van der Waals surface area contributed by atoms with Gasteiger partial charge in [-0.1, -0.05) is 25.7 Å². The van der Waals surface area contributed by atoms with Crippen LogP contribution in [-0.4, -0.2) is 50.0 Å². The molecule has 1 aliphatic rings. The molecule has 1 heterocycles. The third-order valence-electron chi connectivity index (χ3n) is 3.66. The first kappa shape index (κ1) is 20.0. The van der Waals surface area contributed by atoms with E-state index in [0.717, 1.165) is 6.54 Å². The molecule has 0 spiro atoms. The zero-order chi connectivity index (χ0) is 15.2. The molecule has 122 valence electrons. The first-order valence-electron chi connectivity index (χ1n) is 7.70. The minimum Gasteiger partial charge on any atom is -0.379 e. The van der Waals surface area contributed by atoms with Gasteiger partial charge in [0.2, 0.25) is 0 Å². The molecule has 3 N–H and O–H groups in total. The van der Waals surface area contributed by atoms with Crippen LogP contribution in [0.1, 0.15) is 45.4 Å². The van der Waals surface area contributed by atoms with E-state index in [1.165, 1.54) is 45.1 Å². The standard InChI is InChI=1S/C11H24N2.C3H10O3Si/c1-10(12)11-7-5-3-2-4-6-8-13-9-11;1-4-7(5-2)6-3/h10-11,13H,2-9,12H2,1H3;7H,1-3H3. The summed E-state index contributed by atoms with van der Waals surface area (Å²) in [4.78, 5) is 0. The normalized spacial score (nSPS) is 22.8. The molecule has 0 aromatic heterocycles. The van der Waals surface area contributed by atoms with Crippen LogP contribution >= 0.6 is 0 Å². The highest BCUT2D eigenvalue weighted by atomic mass is 28.3. The Morgan fingerprint density at radius 3 is 2.05 bits per heavy atom. The Kier molecular flexibility index (Phi) is 14.0. The van der Waals surface area contributed by atoms with Crippen molar-refractivity contribution in [2.45, 2.75) is 51.5 Å². The van der Waals surface area contributed by atoms with E-state index < -0.39 is 9.53 Å². The molecule has 0 radical (unpaired) electrons. The van der Waals surface area contributed by atoms with E-state index in [4.69, 9.17) is 19.0 Å². The Hall–Kier alpha value is 0.0169. The second-order valence-electron chi connectivity index (χ2n) is 5.38. The molecule has 1 rings (SSSR count). The first-order valence-corrected chi connectivity index (χ1v) is 9.11. The van der Waals surface area contributed by atoms with Crippen LogP contribution in [0.2, 0.25) is 0 Å². The average molecular weight is 307 g/mol. The van der Waals surface area contributed by atoms with Crippen molar-refractivity contribution in [3.63, 3.8) is 0 Å². The Morgan fingerprint density at radius 1 is 1.00 bits per heavy atom. The summed E-state index contributed by atoms with van der Waals surface area (Å²) in [5.41, 5.74) is 5.94. The topological polar surface area (TPSA) is 65.7 Å². The molecule has 1 aliphatic heterocycles. The van der Waals surface area contributed by atoms with Gasteiger partial charge in [-0.25, -0.2) is 0 Å². The van der Waals surface area contributed by atoms with E-state index in [1.807, 2.05) is 0 Å². The highest BCUT2D eigenvalue weighted by molar-refractivity contribution is 6.36. The van der Waals surface area contributed by atoms with Crippen molar-refractivity contribution in [3.8, 4) is 0 Å². The second kappa shape index (κ2) is 14.0. The summed E-state index contributed by atoms with van der Waals surface area (Å²) in [5, 5.41) is 3.51. The summed E-state index contributed by atoms with van der Waals surface area (Å²) in [7, 11) is 3.05. The first-order chi connectivity index (χ1) is 9.65. The van der Waals surface area contributed by atoms with Gasteiger partial charge in [0.15, 0.2) is 0 Å². The molecule has 6 heteroatoms. The van der Waals surface area contributed by atoms with Crippen LogP contribution in [0.25, 0.3) is 0 Å². The van der Waals surface area contributed by atoms with Gasteiger partial charge in [-0.15, -0.1) is 0 Å². The van der Waals surface area contributed by atoms with Gasteiger partial charge in [0.1, 0.15) is 0 Å². The quantitative estimate of drug-likeness (QED) is 0.771. The minimum absolute atomic E-state index is 0.354. The molecule has 2 unspecified atom stereocenters. The summed E-state index contributed by atoms with van der Waals surface area (Å²) in [6.45, 7) is 4.44. The Bertz CT molecular complexity index is 189. The summed E-state index contributed by atoms with van der Waals surface area (Å²) in [6.07, 6.45) is 8.23. The maximum absolute atomic E-state index is 5.94. The van der Waals surface area contributed by atoms with Crippen molar-refractivity contribution in [1.82, 2.24) is 5.32 Å². The fourth-order valence-corrected chi connectivity index (χ4v) is 2.89. The number of nitrogens with one attached hydrogen (secondary N) is 1. The van der Waals surface area contributed by atoms with Crippen molar-refractivity contribution < 1.29 is 13.3 Å². The lowest BCUT2D eigenvalue weighted by Crippen LogP contribution is -2.35. The van der Waals surface area contributed by atoms with E-state index in [0.29, 0.717) is 12.0 Å². The molecular formula is C14H34N2O3Si. The highest BCUT2D eigenvalue weighted by Crippen LogP contribution is 2.14. The van der Waals surface area contributed by atoms with E-state index in [-0.39, 0.29) is 0 Å². The van der Waals surface area contributed by atoms with Crippen LogP contribution in [0.15, 0.2) is 0 Å². The van der Waals surface area contributed by atoms with Gasteiger partial charge >= 0.3 is 9.53 Å². The minimum atomic E-state index is -1.67. The molecule has 0 aromatic rings. The molecule has 5 nitrogen and oxygen atoms in total. The van der Waals surface area contributed by atoms with Crippen LogP contribution in [-0.2, 0) is 13.3 Å². The van der Waals surface area contributed by atoms with E-state index in [2.05, 4.69) is 12.2 Å². The van der Waals surface area contributed by atoms with Gasteiger partial charge in [-0.3, -0.25) is 0 Å². The lowest BCUT2D eigenvalue weighted by Gasteiger charge is -2.22. The predicted molar refractivity (Wildman–Crippen MR) is 85.9 cm³/mol. The Labute approximate surface area is 126 Å². The highest BCUT2D eigenvalue weighted by Gasteiger charge is 2.13. The van der Waals surface area contributed by atoms with Gasteiger partial charge in [0.25, 0.3) is 0 Å². The van der Waals surface area contributed by atoms with Crippen LogP contribution in [0, 0.1) is 5.92 Å². The zero-order valence-electron chi connectivity index (χ0n) is 13.7. The van der Waals surface area contributed by atoms with E-state index in [9.17, 15) is 0 Å². The van der Waals surface area contributed by atoms with Crippen LogP contribution in [0.4, 0.5) is 0 Å². The molecular weight excluding hydrogens is 272 g/mol. The molecule has 0 amide bonds. The Balaban J connectivity index is 0.000000441. The molecule has 2 atom stereocenters. The predicted octanol–water partition coefficient (Wildman–Crippen LogP) is 1.54. The molecule has 20 heavy (non-hydrogen) atoms. The summed E-state index contributed by atoms with van der Waals surface area (Å²) in [5.74, 6) is 0.693. The van der Waals surface area contributed by atoms with Crippen LogP contribution < -0.4 is 11.1 Å². The molecule has 0 saturated carbocycles. The van der Waals surface area contributed by atoms with Gasteiger partial charge < -0.3 is 24.3 Å². The van der Waals surface area contributed by atoms with Crippen molar-refractivity contribution in [2.24, 2.45) is 11.7 Å². The molecule has 0 aromatic carbocycles. The maximum Gasteiger partial charge on any atom is 0.483 e. The summed E-state index contributed by atoms with van der Waals surface area (Å²) in [6, 6.07) is 0.354. The molecule has 0 aliphatic carbocycles. The van der Waals surface area contributed by atoms with Crippen molar-refractivity contribution >= 4 is 9.53 Å². The van der Waals surface area contributed by atoms with Crippen LogP contribution in [0.3, 0.4) is 0 Å². The van der Waals surface area contributed by atoms with Crippen molar-refractivity contribution in [3.05, 3.63) is 0 Å².